The molecular formula is C29H33F4N3O5S. The number of phenolic OH excluding ortho intramolecular Hbond substituents is 1. The number of carbonyl (C=O) groups excluding carboxylic acids is 1. The summed E-state index contributed by atoms with van der Waals surface area (Å²) in [5.41, 5.74) is 0.296. The molecule has 0 aliphatic heterocycles. The lowest BCUT2D eigenvalue weighted by atomic mass is 9.93. The lowest BCUT2D eigenvalue weighted by molar-refractivity contribution is -0.140. The molecule has 42 heavy (non-hydrogen) atoms. The zero-order valence-corrected chi connectivity index (χ0v) is 24.0. The molecule has 0 aliphatic carbocycles. The number of rotatable bonds is 12. The van der Waals surface area contributed by atoms with Gasteiger partial charge in [-0.3, -0.25) is 9.52 Å². The monoisotopic (exact) mass is 611 g/mol. The molecule has 0 unspecified atom stereocenters. The van der Waals surface area contributed by atoms with Gasteiger partial charge in [-0.25, -0.2) is 12.8 Å². The van der Waals surface area contributed by atoms with Crippen molar-refractivity contribution < 1.29 is 41.0 Å². The lowest BCUT2D eigenvalue weighted by Crippen LogP contribution is -2.43. The maximum absolute atomic E-state index is 13.5. The number of benzene rings is 3. The van der Waals surface area contributed by atoms with Gasteiger partial charge >= 0.3 is 6.18 Å². The number of amides is 1. The molecule has 0 aliphatic rings. The molecule has 0 bridgehead atoms. The predicted molar refractivity (Wildman–Crippen MR) is 151 cm³/mol. The van der Waals surface area contributed by atoms with Crippen LogP contribution in [0.3, 0.4) is 0 Å². The number of phenols is 1. The van der Waals surface area contributed by atoms with E-state index in [0.717, 1.165) is 17.9 Å². The molecule has 5 N–H and O–H groups in total. The third-order valence-corrected chi connectivity index (χ3v) is 6.92. The second-order valence-electron chi connectivity index (χ2n) is 10.7. The molecule has 8 nitrogen and oxygen atoms in total. The fourth-order valence-corrected chi connectivity index (χ4v) is 4.79. The summed E-state index contributed by atoms with van der Waals surface area (Å²) < 4.78 is 77.4. The maximum Gasteiger partial charge on any atom is 0.419 e. The van der Waals surface area contributed by atoms with E-state index in [0.29, 0.717) is 23.6 Å². The van der Waals surface area contributed by atoms with E-state index in [1.54, 1.807) is 12.1 Å². The molecular weight excluding hydrogens is 578 g/mol. The number of hydrogen-bond donors (Lipinski definition) is 5. The molecule has 3 aromatic rings. The molecule has 0 aromatic heterocycles. The summed E-state index contributed by atoms with van der Waals surface area (Å²) in [5.74, 6) is -2.04. The second-order valence-corrected chi connectivity index (χ2v) is 12.4. The number of nitrogens with one attached hydrogen (secondary N) is 3. The number of hydrogen-bond acceptors (Lipinski definition) is 6. The van der Waals surface area contributed by atoms with Gasteiger partial charge in [0.15, 0.2) is 0 Å². The van der Waals surface area contributed by atoms with E-state index >= 15 is 0 Å². The van der Waals surface area contributed by atoms with Crippen molar-refractivity contribution in [2.45, 2.75) is 51.1 Å². The Morgan fingerprint density at radius 2 is 1.57 bits per heavy atom. The summed E-state index contributed by atoms with van der Waals surface area (Å²) >= 11 is 0. The van der Waals surface area contributed by atoms with Gasteiger partial charge in [-0.2, -0.15) is 13.2 Å². The molecule has 1 atom stereocenters. The Balaban J connectivity index is 1.51. The van der Waals surface area contributed by atoms with Crippen LogP contribution >= 0.6 is 0 Å². The van der Waals surface area contributed by atoms with Crippen molar-refractivity contribution >= 4 is 21.6 Å². The first-order chi connectivity index (χ1) is 19.4. The Labute approximate surface area is 241 Å². The van der Waals surface area contributed by atoms with E-state index in [1.807, 2.05) is 26.0 Å². The summed E-state index contributed by atoms with van der Waals surface area (Å²) in [6, 6.07) is 14.0. The molecule has 13 heteroatoms. The zero-order chi connectivity index (χ0) is 31.3. The number of sulfonamides is 1. The van der Waals surface area contributed by atoms with Crippen LogP contribution in [-0.4, -0.2) is 42.9 Å². The molecule has 0 radical (unpaired) electrons. The topological polar surface area (TPSA) is 128 Å². The van der Waals surface area contributed by atoms with E-state index < -0.39 is 45.1 Å². The number of alkyl halides is 3. The van der Waals surface area contributed by atoms with Gasteiger partial charge in [0.2, 0.25) is 15.9 Å². The number of halogens is 4. The van der Waals surface area contributed by atoms with Crippen LogP contribution in [0.25, 0.3) is 0 Å². The van der Waals surface area contributed by atoms with Gasteiger partial charge in [-0.15, -0.1) is 0 Å². The number of carbonyl (C=O) groups is 1. The minimum atomic E-state index is -4.83. The van der Waals surface area contributed by atoms with Gasteiger partial charge in [0, 0.05) is 18.6 Å². The summed E-state index contributed by atoms with van der Waals surface area (Å²) in [6.07, 6.45) is -4.29. The van der Waals surface area contributed by atoms with Gasteiger partial charge in [0.25, 0.3) is 0 Å². The summed E-state index contributed by atoms with van der Waals surface area (Å²) in [4.78, 5) is 12.3. The first kappa shape index (κ1) is 32.8. The highest BCUT2D eigenvalue weighted by Gasteiger charge is 2.34. The van der Waals surface area contributed by atoms with Gasteiger partial charge < -0.3 is 20.8 Å². The lowest BCUT2D eigenvalue weighted by Gasteiger charge is -2.28. The fourth-order valence-electron chi connectivity index (χ4n) is 4.23. The first-order valence-electron chi connectivity index (χ1n) is 12.9. The summed E-state index contributed by atoms with van der Waals surface area (Å²) in [5, 5.41) is 26.4. The zero-order valence-electron chi connectivity index (χ0n) is 23.2. The third kappa shape index (κ3) is 10.00. The average molecular weight is 612 g/mol. The number of anilines is 1. The second kappa shape index (κ2) is 13.1. The predicted octanol–water partition coefficient (Wildman–Crippen LogP) is 4.42. The average Bonchev–Trinajstić information content (AvgIpc) is 2.87. The maximum atomic E-state index is 13.5. The minimum Gasteiger partial charge on any atom is -0.506 e. The highest BCUT2D eigenvalue weighted by molar-refractivity contribution is 7.92. The highest BCUT2D eigenvalue weighted by Crippen LogP contribution is 2.32. The molecule has 3 rings (SSSR count). The molecule has 3 aromatic carbocycles. The molecule has 0 spiro atoms. The van der Waals surface area contributed by atoms with Gasteiger partial charge in [0.1, 0.15) is 11.6 Å². The van der Waals surface area contributed by atoms with Crippen molar-refractivity contribution in [1.82, 2.24) is 10.6 Å². The largest absolute Gasteiger partial charge is 0.506 e. The summed E-state index contributed by atoms with van der Waals surface area (Å²) in [7, 11) is -3.62. The molecule has 0 heterocycles. The Bertz CT molecular complexity index is 1510. The van der Waals surface area contributed by atoms with Crippen LogP contribution in [0.5, 0.6) is 5.75 Å². The Morgan fingerprint density at radius 1 is 0.952 bits per heavy atom. The quantitative estimate of drug-likeness (QED) is 0.152. The SMILES string of the molecule is CC(C)(Cc1ccc(CC(=O)NCc2ccc(F)c(C(F)(F)F)c2)cc1)NC[C@H](O)c1ccc(O)c(NS(C)(=O)=O)c1. The van der Waals surface area contributed by atoms with Crippen molar-refractivity contribution in [3.63, 3.8) is 0 Å². The fraction of sp³-hybridized carbons (Fsp3) is 0.345. The molecule has 228 valence electrons. The van der Waals surface area contributed by atoms with E-state index in [9.17, 15) is 41.0 Å². The number of aromatic hydroxyl groups is 1. The van der Waals surface area contributed by atoms with E-state index in [1.165, 1.54) is 24.3 Å². The molecule has 0 saturated carbocycles. The summed E-state index contributed by atoms with van der Waals surface area (Å²) in [6.45, 7) is 3.85. The Morgan fingerprint density at radius 3 is 2.19 bits per heavy atom. The Hall–Kier alpha value is -3.68. The van der Waals surface area contributed by atoms with E-state index in [-0.39, 0.29) is 36.5 Å². The molecule has 0 fully saturated rings. The van der Waals surface area contributed by atoms with Crippen molar-refractivity contribution in [1.29, 1.82) is 0 Å². The Kier molecular flexibility index (Phi) is 10.2. The normalized spacial score (nSPS) is 13.0. The van der Waals surface area contributed by atoms with Crippen LogP contribution in [0.15, 0.2) is 60.7 Å². The molecule has 0 saturated heterocycles. The van der Waals surface area contributed by atoms with Gasteiger partial charge in [0.05, 0.1) is 30.0 Å². The van der Waals surface area contributed by atoms with Gasteiger partial charge in [-0.1, -0.05) is 36.4 Å². The van der Waals surface area contributed by atoms with Crippen LogP contribution in [-0.2, 0) is 40.4 Å². The molecule has 1 amide bonds. The van der Waals surface area contributed by atoms with Crippen LogP contribution in [0, 0.1) is 5.82 Å². The highest BCUT2D eigenvalue weighted by atomic mass is 32.2. The van der Waals surface area contributed by atoms with Crippen molar-refractivity contribution in [2.24, 2.45) is 0 Å². The van der Waals surface area contributed by atoms with Crippen LogP contribution in [0.2, 0.25) is 0 Å². The van der Waals surface area contributed by atoms with Crippen LogP contribution in [0.1, 0.15) is 47.8 Å². The van der Waals surface area contributed by atoms with E-state index in [2.05, 4.69) is 15.4 Å². The van der Waals surface area contributed by atoms with E-state index in [4.69, 9.17) is 0 Å². The smallest absolute Gasteiger partial charge is 0.419 e. The van der Waals surface area contributed by atoms with Crippen molar-refractivity contribution in [2.75, 3.05) is 17.5 Å². The van der Waals surface area contributed by atoms with Crippen LogP contribution in [0.4, 0.5) is 23.2 Å². The number of aliphatic hydroxyl groups is 1. The van der Waals surface area contributed by atoms with Crippen LogP contribution < -0.4 is 15.4 Å². The first-order valence-corrected chi connectivity index (χ1v) is 14.7. The third-order valence-electron chi connectivity index (χ3n) is 6.33. The van der Waals surface area contributed by atoms with Crippen molar-refractivity contribution in [3.05, 3.63) is 94.3 Å². The number of aliphatic hydroxyl groups excluding tert-OH is 1. The minimum absolute atomic E-state index is 0.00421. The van der Waals surface area contributed by atoms with Crippen molar-refractivity contribution in [3.8, 4) is 5.75 Å². The number of β-amino-alcohol motifs (C(OH)–C–C–N with tert-alkyl or cyclic N) is 1. The van der Waals surface area contributed by atoms with Gasteiger partial charge in [-0.05, 0) is 66.8 Å². The standard InChI is InChI=1S/C29H33F4N3O5S/c1-28(2,35-17-26(38)21-9-11-25(37)24(14-21)36-42(3,40)41)15-19-6-4-18(5-7-19)13-27(39)34-16-20-8-10-23(30)22(12-20)29(31,32)33/h4-12,14,26,35-38H,13,15-17H2,1-3H3,(H,34,39)/t26-/m0/s1.